The lowest BCUT2D eigenvalue weighted by molar-refractivity contribution is -0.175. The van der Waals surface area contributed by atoms with Crippen molar-refractivity contribution in [3.05, 3.63) is 94.0 Å². The van der Waals surface area contributed by atoms with Crippen molar-refractivity contribution in [2.45, 2.75) is 44.6 Å². The second-order valence-electron chi connectivity index (χ2n) is 9.51. The number of amides is 3. The molecule has 0 aliphatic heterocycles. The lowest BCUT2D eigenvalue weighted by Gasteiger charge is -2.27. The number of benzene rings is 2. The number of alkyl halides is 3. The quantitative estimate of drug-likeness (QED) is 0.293. The molecule has 0 spiro atoms. The van der Waals surface area contributed by atoms with Gasteiger partial charge in [0.15, 0.2) is 0 Å². The van der Waals surface area contributed by atoms with Crippen molar-refractivity contribution in [3.63, 3.8) is 0 Å². The van der Waals surface area contributed by atoms with Crippen LogP contribution < -0.4 is 16.0 Å². The Balaban J connectivity index is 1.93. The second-order valence-corrected chi connectivity index (χ2v) is 10.3. The monoisotopic (exact) mass is 623 g/mol. The Morgan fingerprint density at radius 1 is 0.881 bits per heavy atom. The van der Waals surface area contributed by atoms with Crippen molar-refractivity contribution in [1.29, 1.82) is 0 Å². The number of ketones is 1. The van der Waals surface area contributed by atoms with Gasteiger partial charge in [-0.1, -0.05) is 73.4 Å². The largest absolute Gasteiger partial charge is 0.452 e. The number of aromatic nitrogens is 2. The molecular formula is C28H26Cl2F3N5O4. The lowest BCUT2D eigenvalue weighted by Crippen LogP contribution is -2.55. The Hall–Kier alpha value is -4.03. The molecule has 0 saturated carbocycles. The van der Waals surface area contributed by atoms with Crippen LogP contribution in [0.3, 0.4) is 0 Å². The maximum absolute atomic E-state index is 13.6. The van der Waals surface area contributed by atoms with Crippen molar-refractivity contribution in [2.75, 3.05) is 0 Å². The molecule has 222 valence electrons. The molecule has 3 rings (SSSR count). The summed E-state index contributed by atoms with van der Waals surface area (Å²) in [7, 11) is 0. The first-order valence-corrected chi connectivity index (χ1v) is 13.3. The fourth-order valence-electron chi connectivity index (χ4n) is 3.90. The molecule has 1 aromatic heterocycles. The first-order valence-electron chi connectivity index (χ1n) is 12.6. The van der Waals surface area contributed by atoms with Crippen molar-refractivity contribution in [2.24, 2.45) is 5.92 Å². The molecule has 3 amide bonds. The van der Waals surface area contributed by atoms with Crippen molar-refractivity contribution in [3.8, 4) is 0 Å². The molecule has 2 aromatic carbocycles. The minimum atomic E-state index is -5.19. The number of Topliss-reactive ketones (excluding diaryl/α,β-unsaturated/α-hetero) is 1. The van der Waals surface area contributed by atoms with Gasteiger partial charge in [-0.3, -0.25) is 24.2 Å². The maximum atomic E-state index is 13.6. The summed E-state index contributed by atoms with van der Waals surface area (Å²) in [5, 5.41) is 7.65. The number of nitrogens with zero attached hydrogens (tertiary/aromatic N) is 2. The minimum Gasteiger partial charge on any atom is -0.344 e. The van der Waals surface area contributed by atoms with Gasteiger partial charge in [0.2, 0.25) is 11.8 Å². The van der Waals surface area contributed by atoms with Crippen molar-refractivity contribution in [1.82, 2.24) is 25.9 Å². The van der Waals surface area contributed by atoms with E-state index in [2.05, 4.69) is 25.9 Å². The van der Waals surface area contributed by atoms with E-state index in [1.807, 2.05) is 0 Å². The molecule has 3 atom stereocenters. The van der Waals surface area contributed by atoms with Gasteiger partial charge in [0, 0.05) is 18.8 Å². The first kappa shape index (κ1) is 32.5. The minimum absolute atomic E-state index is 0.0905. The van der Waals surface area contributed by atoms with E-state index >= 15 is 0 Å². The number of hydrogen-bond donors (Lipinski definition) is 3. The molecule has 0 fully saturated rings. The average molecular weight is 624 g/mol. The number of halogens is 5. The zero-order valence-electron chi connectivity index (χ0n) is 22.3. The highest BCUT2D eigenvalue weighted by Gasteiger charge is 2.45. The fraction of sp³-hybridized carbons (Fsp3) is 0.286. The molecule has 9 nitrogen and oxygen atoms in total. The maximum Gasteiger partial charge on any atom is 0.452 e. The van der Waals surface area contributed by atoms with Crippen molar-refractivity contribution < 1.29 is 32.3 Å². The Morgan fingerprint density at radius 3 is 2.14 bits per heavy atom. The highest BCUT2D eigenvalue weighted by Crippen LogP contribution is 2.24. The predicted molar refractivity (Wildman–Crippen MR) is 149 cm³/mol. The van der Waals surface area contributed by atoms with Crippen LogP contribution in [0.15, 0.2) is 67.1 Å². The predicted octanol–water partition coefficient (Wildman–Crippen LogP) is 4.25. The zero-order chi connectivity index (χ0) is 31.0. The standard InChI is InChI=1S/C28H26Cl2F3N5O4/c1-15(2)22(24(39)28(31,32)33)37-27(42)23(17-6-4-3-5-7-17)38-25(40)20(13-16-8-9-18(29)19(30)12-16)36-26(41)21-14-34-10-11-35-21/h3-12,14-15,20,22-23H,13H2,1-2H3,(H,36,41)(H,37,42)(H,38,40)/t20-,22-,23-/m0/s1. The van der Waals surface area contributed by atoms with E-state index in [9.17, 15) is 32.3 Å². The summed E-state index contributed by atoms with van der Waals surface area (Å²) >= 11 is 12.1. The van der Waals surface area contributed by atoms with Crippen LogP contribution in [0.1, 0.15) is 41.5 Å². The topological polar surface area (TPSA) is 130 Å². The van der Waals surface area contributed by atoms with E-state index in [1.165, 1.54) is 56.7 Å². The first-order chi connectivity index (χ1) is 19.8. The van der Waals surface area contributed by atoms with Gasteiger partial charge in [0.1, 0.15) is 17.8 Å². The third-order valence-electron chi connectivity index (χ3n) is 6.05. The van der Waals surface area contributed by atoms with Gasteiger partial charge >= 0.3 is 6.18 Å². The Bertz CT molecular complexity index is 1430. The molecule has 3 aromatic rings. The Labute approximate surface area is 249 Å². The van der Waals surface area contributed by atoms with Crippen LogP contribution in [0.25, 0.3) is 0 Å². The summed E-state index contributed by atoms with van der Waals surface area (Å²) in [6.07, 6.45) is -1.48. The molecule has 0 unspecified atom stereocenters. The van der Waals surface area contributed by atoms with Crippen LogP contribution in [0.4, 0.5) is 13.2 Å². The van der Waals surface area contributed by atoms with E-state index in [0.717, 1.165) is 0 Å². The molecule has 0 bridgehead atoms. The van der Waals surface area contributed by atoms with Crippen LogP contribution in [-0.2, 0) is 20.8 Å². The number of rotatable bonds is 11. The van der Waals surface area contributed by atoms with E-state index in [1.54, 1.807) is 24.3 Å². The van der Waals surface area contributed by atoms with Crippen LogP contribution in [0, 0.1) is 5.92 Å². The van der Waals surface area contributed by atoms with Gasteiger partial charge in [0.25, 0.3) is 11.7 Å². The summed E-state index contributed by atoms with van der Waals surface area (Å²) in [5.74, 6) is -5.70. The summed E-state index contributed by atoms with van der Waals surface area (Å²) in [6, 6.07) is 7.57. The van der Waals surface area contributed by atoms with Gasteiger partial charge in [-0.05, 0) is 29.2 Å². The Morgan fingerprint density at radius 2 is 1.57 bits per heavy atom. The van der Waals surface area contributed by atoms with E-state index < -0.39 is 53.7 Å². The summed E-state index contributed by atoms with van der Waals surface area (Å²) in [4.78, 5) is 59.6. The molecule has 0 saturated heterocycles. The molecule has 14 heteroatoms. The lowest BCUT2D eigenvalue weighted by atomic mass is 9.97. The SMILES string of the molecule is CC(C)[C@H](NC(=O)[C@@H](NC(=O)[C@H](Cc1ccc(Cl)c(Cl)c1)NC(=O)c1cnccn1)c1ccccc1)C(=O)C(F)(F)F. The highest BCUT2D eigenvalue weighted by atomic mass is 35.5. The van der Waals surface area contributed by atoms with Gasteiger partial charge in [-0.2, -0.15) is 13.2 Å². The molecule has 3 N–H and O–H groups in total. The Kier molecular flexibility index (Phi) is 11.0. The highest BCUT2D eigenvalue weighted by molar-refractivity contribution is 6.42. The molecular weight excluding hydrogens is 598 g/mol. The van der Waals surface area contributed by atoms with E-state index in [0.29, 0.717) is 5.56 Å². The number of carbonyl (C=O) groups is 4. The van der Waals surface area contributed by atoms with Crippen LogP contribution in [-0.4, -0.2) is 51.7 Å². The average Bonchev–Trinajstić information content (AvgIpc) is 2.95. The van der Waals surface area contributed by atoms with E-state index in [-0.39, 0.29) is 27.7 Å². The number of nitrogens with one attached hydrogen (secondary N) is 3. The second kappa shape index (κ2) is 14.2. The van der Waals surface area contributed by atoms with Gasteiger partial charge in [-0.15, -0.1) is 0 Å². The van der Waals surface area contributed by atoms with Gasteiger partial charge < -0.3 is 16.0 Å². The summed E-state index contributed by atoms with van der Waals surface area (Å²) < 4.78 is 39.7. The van der Waals surface area contributed by atoms with Crippen LogP contribution in [0.2, 0.25) is 10.0 Å². The normalized spacial score (nSPS) is 13.5. The smallest absolute Gasteiger partial charge is 0.344 e. The molecule has 0 aliphatic rings. The number of hydrogen-bond acceptors (Lipinski definition) is 6. The zero-order valence-corrected chi connectivity index (χ0v) is 23.8. The third-order valence-corrected chi connectivity index (χ3v) is 6.79. The summed E-state index contributed by atoms with van der Waals surface area (Å²) in [6.45, 7) is 2.69. The van der Waals surface area contributed by atoms with Crippen molar-refractivity contribution >= 4 is 46.7 Å². The molecule has 0 radical (unpaired) electrons. The van der Waals surface area contributed by atoms with Gasteiger partial charge in [0.05, 0.1) is 22.3 Å². The fourth-order valence-corrected chi connectivity index (χ4v) is 4.22. The number of carbonyl (C=O) groups excluding carboxylic acids is 4. The molecule has 1 heterocycles. The van der Waals surface area contributed by atoms with Crippen LogP contribution in [0.5, 0.6) is 0 Å². The van der Waals surface area contributed by atoms with E-state index in [4.69, 9.17) is 23.2 Å². The molecule has 0 aliphatic carbocycles. The third kappa shape index (κ3) is 8.73. The molecule has 42 heavy (non-hydrogen) atoms. The van der Waals surface area contributed by atoms with Gasteiger partial charge in [-0.25, -0.2) is 4.98 Å². The van der Waals surface area contributed by atoms with Crippen LogP contribution >= 0.6 is 23.2 Å². The summed E-state index contributed by atoms with van der Waals surface area (Å²) in [5.41, 5.74) is 0.631.